The Morgan fingerprint density at radius 3 is 2.79 bits per heavy atom. The summed E-state index contributed by atoms with van der Waals surface area (Å²) in [6.45, 7) is 1.85. The average molecular weight is 329 g/mol. The minimum Gasteiger partial charge on any atom is -0.481 e. The lowest BCUT2D eigenvalue weighted by atomic mass is 9.95. The van der Waals surface area contributed by atoms with Crippen LogP contribution in [0.4, 0.5) is 5.69 Å². The maximum absolute atomic E-state index is 11.0. The first-order valence-corrected chi connectivity index (χ1v) is 6.62. The van der Waals surface area contributed by atoms with Gasteiger partial charge in [0.25, 0.3) is 5.69 Å². The lowest BCUT2D eigenvalue weighted by Gasteiger charge is -2.38. The highest BCUT2D eigenvalue weighted by Gasteiger charge is 2.29. The molecule has 1 aromatic rings. The number of halogens is 1. The Morgan fingerprint density at radius 1 is 1.53 bits per heavy atom. The first kappa shape index (κ1) is 14.0. The predicted molar refractivity (Wildman–Crippen MR) is 71.8 cm³/mol. The van der Waals surface area contributed by atoms with Crippen LogP contribution in [0.1, 0.15) is 12.0 Å². The van der Waals surface area contributed by atoms with Crippen LogP contribution in [-0.2, 0) is 11.3 Å². The monoisotopic (exact) mass is 328 g/mol. The predicted octanol–water partition coefficient (Wildman–Crippen LogP) is 2.26. The van der Waals surface area contributed by atoms with Crippen molar-refractivity contribution in [2.75, 3.05) is 13.1 Å². The molecule has 7 heteroatoms. The summed E-state index contributed by atoms with van der Waals surface area (Å²) in [7, 11) is 0. The van der Waals surface area contributed by atoms with Gasteiger partial charge in [0, 0.05) is 35.7 Å². The molecule has 19 heavy (non-hydrogen) atoms. The zero-order valence-corrected chi connectivity index (χ0v) is 11.7. The van der Waals surface area contributed by atoms with E-state index in [-0.39, 0.29) is 18.0 Å². The van der Waals surface area contributed by atoms with Crippen molar-refractivity contribution in [2.45, 2.75) is 13.0 Å². The first-order chi connectivity index (χ1) is 8.95. The van der Waals surface area contributed by atoms with Crippen molar-refractivity contribution < 1.29 is 14.8 Å². The normalized spacial score (nSPS) is 16.1. The molecule has 0 saturated carbocycles. The Balaban J connectivity index is 1.98. The van der Waals surface area contributed by atoms with Crippen LogP contribution in [0.2, 0.25) is 0 Å². The Kier molecular flexibility index (Phi) is 4.16. The molecule has 1 saturated heterocycles. The third-order valence-electron chi connectivity index (χ3n) is 3.13. The van der Waals surface area contributed by atoms with Gasteiger partial charge in [-0.15, -0.1) is 0 Å². The number of nitrogens with zero attached hydrogens (tertiary/aromatic N) is 2. The van der Waals surface area contributed by atoms with Crippen LogP contribution >= 0.6 is 15.9 Å². The molecule has 0 spiro atoms. The first-order valence-electron chi connectivity index (χ1n) is 5.82. The quantitative estimate of drug-likeness (QED) is 0.662. The number of benzene rings is 1. The summed E-state index contributed by atoms with van der Waals surface area (Å²) in [5, 5.41) is 19.6. The summed E-state index contributed by atoms with van der Waals surface area (Å²) < 4.78 is 0.676. The Bertz CT molecular complexity index is 514. The van der Waals surface area contributed by atoms with Crippen LogP contribution in [0.15, 0.2) is 22.7 Å². The minimum atomic E-state index is -0.792. The molecule has 1 heterocycles. The van der Waals surface area contributed by atoms with Crippen molar-refractivity contribution >= 4 is 27.6 Å². The van der Waals surface area contributed by atoms with Gasteiger partial charge in [-0.25, -0.2) is 0 Å². The molecule has 1 fully saturated rings. The molecule has 0 atom stereocenters. The fraction of sp³-hybridized carbons (Fsp3) is 0.417. The summed E-state index contributed by atoms with van der Waals surface area (Å²) in [5.74, 6) is -0.633. The van der Waals surface area contributed by atoms with Crippen molar-refractivity contribution in [1.82, 2.24) is 4.90 Å². The maximum atomic E-state index is 11.0. The minimum absolute atomic E-state index is 0.0936. The maximum Gasteiger partial charge on any atom is 0.303 e. The number of carboxylic acid groups (broad SMARTS) is 1. The zero-order chi connectivity index (χ0) is 14.0. The van der Waals surface area contributed by atoms with E-state index >= 15 is 0 Å². The van der Waals surface area contributed by atoms with Gasteiger partial charge in [0.2, 0.25) is 0 Å². The van der Waals surface area contributed by atoms with E-state index in [1.54, 1.807) is 12.1 Å². The standard InChI is InChI=1S/C12H13BrN2O4/c13-10-2-1-9(11(4-10)15(18)19)7-14-5-8(6-14)3-12(16)17/h1-2,4,8H,3,5-7H2,(H,16,17). The molecule has 0 aromatic heterocycles. The molecule has 1 aromatic carbocycles. The summed E-state index contributed by atoms with van der Waals surface area (Å²) in [5.41, 5.74) is 0.748. The second-order valence-corrected chi connectivity index (χ2v) is 5.60. The number of hydrogen-bond donors (Lipinski definition) is 1. The molecule has 1 aliphatic rings. The number of likely N-dealkylation sites (tertiary alicyclic amines) is 1. The molecule has 102 valence electrons. The molecule has 1 aliphatic heterocycles. The Labute approximate surface area is 118 Å². The number of carbonyl (C=O) groups is 1. The SMILES string of the molecule is O=C(O)CC1CN(Cc2ccc(Br)cc2[N+](=O)[O-])C1. The number of carboxylic acids is 1. The van der Waals surface area contributed by atoms with Gasteiger partial charge in [-0.3, -0.25) is 19.8 Å². The third-order valence-corrected chi connectivity index (χ3v) is 3.63. The van der Waals surface area contributed by atoms with Crippen LogP contribution in [0.5, 0.6) is 0 Å². The van der Waals surface area contributed by atoms with E-state index in [1.165, 1.54) is 6.07 Å². The third kappa shape index (κ3) is 3.51. The number of nitro benzene ring substituents is 1. The van der Waals surface area contributed by atoms with Gasteiger partial charge in [0.15, 0.2) is 0 Å². The number of rotatable bonds is 5. The van der Waals surface area contributed by atoms with Crippen molar-refractivity contribution in [3.63, 3.8) is 0 Å². The molecule has 0 unspecified atom stereocenters. The van der Waals surface area contributed by atoms with Gasteiger partial charge < -0.3 is 5.11 Å². The number of nitro groups is 1. The Hall–Kier alpha value is -1.47. The van der Waals surface area contributed by atoms with Gasteiger partial charge in [-0.05, 0) is 18.1 Å². The topological polar surface area (TPSA) is 83.7 Å². The van der Waals surface area contributed by atoms with E-state index in [2.05, 4.69) is 15.9 Å². The van der Waals surface area contributed by atoms with Gasteiger partial charge >= 0.3 is 5.97 Å². The molecular weight excluding hydrogens is 316 g/mol. The highest BCUT2D eigenvalue weighted by Crippen LogP contribution is 2.28. The van der Waals surface area contributed by atoms with Crippen molar-refractivity contribution in [2.24, 2.45) is 5.92 Å². The van der Waals surface area contributed by atoms with Gasteiger partial charge in [0.1, 0.15) is 0 Å². The molecule has 0 amide bonds. The molecule has 1 N–H and O–H groups in total. The lowest BCUT2D eigenvalue weighted by molar-refractivity contribution is -0.385. The van der Waals surface area contributed by atoms with Crippen molar-refractivity contribution in [3.8, 4) is 0 Å². The molecule has 2 rings (SSSR count). The highest BCUT2D eigenvalue weighted by molar-refractivity contribution is 9.10. The number of aliphatic carboxylic acids is 1. The second kappa shape index (κ2) is 5.66. The Morgan fingerprint density at radius 2 is 2.21 bits per heavy atom. The van der Waals surface area contributed by atoms with Crippen LogP contribution in [0.25, 0.3) is 0 Å². The summed E-state index contributed by atoms with van der Waals surface area (Å²) >= 11 is 3.22. The van der Waals surface area contributed by atoms with Crippen LogP contribution < -0.4 is 0 Å². The largest absolute Gasteiger partial charge is 0.481 e. The summed E-state index contributed by atoms with van der Waals surface area (Å²) in [4.78, 5) is 23.1. The van der Waals surface area contributed by atoms with Crippen LogP contribution in [0, 0.1) is 16.0 Å². The summed E-state index contributed by atoms with van der Waals surface area (Å²) in [6, 6.07) is 4.99. The molecule has 0 bridgehead atoms. The van der Waals surface area contributed by atoms with E-state index in [0.29, 0.717) is 29.7 Å². The van der Waals surface area contributed by atoms with Gasteiger partial charge in [-0.1, -0.05) is 15.9 Å². The van der Waals surface area contributed by atoms with Crippen LogP contribution in [-0.4, -0.2) is 34.0 Å². The zero-order valence-electron chi connectivity index (χ0n) is 10.1. The van der Waals surface area contributed by atoms with Gasteiger partial charge in [-0.2, -0.15) is 0 Å². The second-order valence-electron chi connectivity index (χ2n) is 4.69. The number of hydrogen-bond acceptors (Lipinski definition) is 4. The highest BCUT2D eigenvalue weighted by atomic mass is 79.9. The van der Waals surface area contributed by atoms with E-state index in [0.717, 1.165) is 0 Å². The smallest absolute Gasteiger partial charge is 0.303 e. The van der Waals surface area contributed by atoms with E-state index in [1.807, 2.05) is 4.90 Å². The molecular formula is C12H13BrN2O4. The van der Waals surface area contributed by atoms with Crippen molar-refractivity contribution in [1.29, 1.82) is 0 Å². The van der Waals surface area contributed by atoms with Crippen LogP contribution in [0.3, 0.4) is 0 Å². The van der Waals surface area contributed by atoms with E-state index in [4.69, 9.17) is 5.11 Å². The summed E-state index contributed by atoms with van der Waals surface area (Å²) in [6.07, 6.45) is 0.166. The molecule has 0 radical (unpaired) electrons. The fourth-order valence-electron chi connectivity index (χ4n) is 2.26. The van der Waals surface area contributed by atoms with Gasteiger partial charge in [0.05, 0.1) is 11.3 Å². The average Bonchev–Trinajstić information content (AvgIpc) is 2.27. The fourth-order valence-corrected chi connectivity index (χ4v) is 2.61. The molecule has 6 nitrogen and oxygen atoms in total. The van der Waals surface area contributed by atoms with Crippen molar-refractivity contribution in [3.05, 3.63) is 38.3 Å². The molecule has 0 aliphatic carbocycles. The van der Waals surface area contributed by atoms with E-state index in [9.17, 15) is 14.9 Å². The van der Waals surface area contributed by atoms with E-state index < -0.39 is 10.9 Å². The lowest BCUT2D eigenvalue weighted by Crippen LogP contribution is -2.46.